The van der Waals surface area contributed by atoms with Crippen LogP contribution in [0.5, 0.6) is 0 Å². The first-order valence-corrected chi connectivity index (χ1v) is 12.0. The molecule has 0 atom stereocenters. The predicted molar refractivity (Wildman–Crippen MR) is 137 cm³/mol. The first-order chi connectivity index (χ1) is 16.6. The van der Waals surface area contributed by atoms with Gasteiger partial charge in [0, 0.05) is 37.8 Å². The fraction of sp³-hybridized carbons (Fsp3) is 0.310. The molecule has 1 aliphatic heterocycles. The number of carbonyl (C=O) groups is 1. The Hall–Kier alpha value is -3.62. The molecule has 5 heteroatoms. The van der Waals surface area contributed by atoms with E-state index in [4.69, 9.17) is 5.26 Å². The van der Waals surface area contributed by atoms with Crippen LogP contribution in [0.1, 0.15) is 41.9 Å². The Balaban J connectivity index is 1.30. The van der Waals surface area contributed by atoms with Crippen molar-refractivity contribution in [3.8, 4) is 6.07 Å². The number of likely N-dealkylation sites (tertiary alicyclic amines) is 1. The summed E-state index contributed by atoms with van der Waals surface area (Å²) in [6.45, 7) is 3.02. The molecule has 0 aromatic heterocycles. The summed E-state index contributed by atoms with van der Waals surface area (Å²) in [7, 11) is 1.87. The minimum Gasteiger partial charge on any atom is -0.325 e. The summed E-state index contributed by atoms with van der Waals surface area (Å²) in [5.74, 6) is 0.387. The summed E-state index contributed by atoms with van der Waals surface area (Å²) in [5, 5.41) is 12.0. The average molecular weight is 453 g/mol. The molecule has 5 nitrogen and oxygen atoms in total. The van der Waals surface area contributed by atoms with Crippen LogP contribution in [0.25, 0.3) is 0 Å². The standard InChI is InChI=1S/C29H32N4O/c1-32(29(34)31-26-14-8-9-23(21-26)22-30)27-15-18-33(19-16-27)20-17-28(24-10-4-2-5-11-24)25-12-6-3-7-13-25/h2-14,21,27-28H,15-20H2,1H3,(H,31,34). The third-order valence-corrected chi connectivity index (χ3v) is 6.81. The zero-order valence-corrected chi connectivity index (χ0v) is 19.7. The second-order valence-corrected chi connectivity index (χ2v) is 8.97. The van der Waals surface area contributed by atoms with Crippen LogP contribution in [0, 0.1) is 11.3 Å². The van der Waals surface area contributed by atoms with Gasteiger partial charge in [-0.05, 0) is 55.1 Å². The molecule has 0 bridgehead atoms. The Kier molecular flexibility index (Phi) is 7.95. The summed E-state index contributed by atoms with van der Waals surface area (Å²) in [4.78, 5) is 17.1. The maximum absolute atomic E-state index is 12.7. The molecule has 174 valence electrons. The maximum Gasteiger partial charge on any atom is 0.321 e. The molecule has 0 unspecified atom stereocenters. The quantitative estimate of drug-likeness (QED) is 0.500. The number of anilines is 1. The molecule has 2 amide bonds. The highest BCUT2D eigenvalue weighted by atomic mass is 16.2. The molecule has 1 saturated heterocycles. The van der Waals surface area contributed by atoms with Gasteiger partial charge >= 0.3 is 6.03 Å². The van der Waals surface area contributed by atoms with Crippen LogP contribution in [0.15, 0.2) is 84.9 Å². The Morgan fingerprint density at radius 1 is 1.00 bits per heavy atom. The number of benzene rings is 3. The van der Waals surface area contributed by atoms with Crippen LogP contribution in [-0.4, -0.2) is 48.6 Å². The molecular weight excluding hydrogens is 420 g/mol. The summed E-state index contributed by atoms with van der Waals surface area (Å²) in [6, 6.07) is 30.8. The van der Waals surface area contributed by atoms with Crippen LogP contribution < -0.4 is 5.32 Å². The average Bonchev–Trinajstić information content (AvgIpc) is 2.90. The van der Waals surface area contributed by atoms with Crippen molar-refractivity contribution in [3.63, 3.8) is 0 Å². The highest BCUT2D eigenvalue weighted by Crippen LogP contribution is 2.29. The fourth-order valence-electron chi connectivity index (χ4n) is 4.78. The zero-order valence-electron chi connectivity index (χ0n) is 19.7. The van der Waals surface area contributed by atoms with Crippen molar-refractivity contribution in [2.75, 3.05) is 32.0 Å². The van der Waals surface area contributed by atoms with E-state index in [9.17, 15) is 4.79 Å². The normalized spacial score (nSPS) is 14.5. The van der Waals surface area contributed by atoms with E-state index in [-0.39, 0.29) is 12.1 Å². The SMILES string of the molecule is CN(C(=O)Nc1cccc(C#N)c1)C1CCN(CCC(c2ccccc2)c2ccccc2)CC1. The summed E-state index contributed by atoms with van der Waals surface area (Å²) in [6.07, 6.45) is 3.00. The van der Waals surface area contributed by atoms with Gasteiger partial charge < -0.3 is 15.1 Å². The van der Waals surface area contributed by atoms with E-state index in [1.54, 1.807) is 18.2 Å². The van der Waals surface area contributed by atoms with Crippen molar-refractivity contribution >= 4 is 11.7 Å². The zero-order chi connectivity index (χ0) is 23.8. The van der Waals surface area contributed by atoms with Gasteiger partial charge in [-0.25, -0.2) is 4.79 Å². The van der Waals surface area contributed by atoms with Crippen LogP contribution in [0.4, 0.5) is 10.5 Å². The molecule has 1 N–H and O–H groups in total. The number of hydrogen-bond acceptors (Lipinski definition) is 3. The topological polar surface area (TPSA) is 59.4 Å². The largest absolute Gasteiger partial charge is 0.325 e. The Labute approximate surface area is 202 Å². The molecule has 1 aliphatic rings. The minimum atomic E-state index is -0.123. The van der Waals surface area contributed by atoms with Crippen molar-refractivity contribution in [2.24, 2.45) is 0 Å². The van der Waals surface area contributed by atoms with E-state index in [0.717, 1.165) is 38.9 Å². The summed E-state index contributed by atoms with van der Waals surface area (Å²) >= 11 is 0. The number of nitriles is 1. The molecule has 0 saturated carbocycles. The van der Waals surface area contributed by atoms with Gasteiger partial charge in [-0.1, -0.05) is 66.7 Å². The molecule has 0 radical (unpaired) electrons. The highest BCUT2D eigenvalue weighted by Gasteiger charge is 2.26. The lowest BCUT2D eigenvalue weighted by Gasteiger charge is -2.37. The number of amides is 2. The number of urea groups is 1. The van der Waals surface area contributed by atoms with Gasteiger partial charge in [0.15, 0.2) is 0 Å². The second-order valence-electron chi connectivity index (χ2n) is 8.97. The van der Waals surface area contributed by atoms with Gasteiger partial charge in [-0.3, -0.25) is 0 Å². The summed E-state index contributed by atoms with van der Waals surface area (Å²) < 4.78 is 0. The molecule has 3 aromatic carbocycles. The van der Waals surface area contributed by atoms with E-state index in [1.165, 1.54) is 11.1 Å². The molecule has 3 aromatic rings. The Morgan fingerprint density at radius 3 is 2.21 bits per heavy atom. The van der Waals surface area contributed by atoms with Crippen molar-refractivity contribution in [1.82, 2.24) is 9.80 Å². The van der Waals surface area contributed by atoms with Gasteiger partial charge in [0.2, 0.25) is 0 Å². The number of nitrogens with zero attached hydrogens (tertiary/aromatic N) is 3. The highest BCUT2D eigenvalue weighted by molar-refractivity contribution is 5.89. The van der Waals surface area contributed by atoms with Gasteiger partial charge in [0.1, 0.15) is 0 Å². The van der Waals surface area contributed by atoms with E-state index in [1.807, 2.05) is 18.0 Å². The van der Waals surface area contributed by atoms with Crippen LogP contribution in [0.3, 0.4) is 0 Å². The number of carbonyl (C=O) groups excluding carboxylic acids is 1. The molecule has 1 fully saturated rings. The molecular formula is C29H32N4O. The number of piperidine rings is 1. The van der Waals surface area contributed by atoms with E-state index in [2.05, 4.69) is 76.9 Å². The lowest BCUT2D eigenvalue weighted by atomic mass is 9.88. The van der Waals surface area contributed by atoms with Crippen LogP contribution in [-0.2, 0) is 0 Å². The predicted octanol–water partition coefficient (Wildman–Crippen LogP) is 5.71. The monoisotopic (exact) mass is 452 g/mol. The number of rotatable bonds is 7. The Bertz CT molecular complexity index is 1060. The van der Waals surface area contributed by atoms with Gasteiger partial charge in [0.05, 0.1) is 11.6 Å². The van der Waals surface area contributed by atoms with E-state index < -0.39 is 0 Å². The lowest BCUT2D eigenvalue weighted by molar-refractivity contribution is 0.139. The van der Waals surface area contributed by atoms with Crippen LogP contribution in [0.2, 0.25) is 0 Å². The number of nitrogens with one attached hydrogen (secondary N) is 1. The molecule has 0 spiro atoms. The van der Waals surface area contributed by atoms with Gasteiger partial charge in [0.25, 0.3) is 0 Å². The van der Waals surface area contributed by atoms with E-state index >= 15 is 0 Å². The molecule has 0 aliphatic carbocycles. The smallest absolute Gasteiger partial charge is 0.321 e. The third kappa shape index (κ3) is 6.03. The maximum atomic E-state index is 12.7. The van der Waals surface area contributed by atoms with Crippen molar-refractivity contribution < 1.29 is 4.79 Å². The Morgan fingerprint density at radius 2 is 1.62 bits per heavy atom. The van der Waals surface area contributed by atoms with Crippen molar-refractivity contribution in [1.29, 1.82) is 5.26 Å². The first kappa shape index (κ1) is 23.5. The van der Waals surface area contributed by atoms with Crippen LogP contribution >= 0.6 is 0 Å². The molecule has 34 heavy (non-hydrogen) atoms. The molecule has 4 rings (SSSR count). The number of hydrogen-bond donors (Lipinski definition) is 1. The van der Waals surface area contributed by atoms with Crippen molar-refractivity contribution in [2.45, 2.75) is 31.2 Å². The van der Waals surface area contributed by atoms with E-state index in [0.29, 0.717) is 17.2 Å². The third-order valence-electron chi connectivity index (χ3n) is 6.81. The second kappa shape index (κ2) is 11.5. The minimum absolute atomic E-state index is 0.123. The molecule has 1 heterocycles. The lowest BCUT2D eigenvalue weighted by Crippen LogP contribution is -2.47. The summed E-state index contributed by atoms with van der Waals surface area (Å²) in [5.41, 5.74) is 3.92. The van der Waals surface area contributed by atoms with Gasteiger partial charge in [-0.2, -0.15) is 5.26 Å². The van der Waals surface area contributed by atoms with Crippen molar-refractivity contribution in [3.05, 3.63) is 102 Å². The van der Waals surface area contributed by atoms with Gasteiger partial charge in [-0.15, -0.1) is 0 Å². The first-order valence-electron chi connectivity index (χ1n) is 12.0. The fourth-order valence-corrected chi connectivity index (χ4v) is 4.78.